The van der Waals surface area contributed by atoms with Gasteiger partial charge in [-0.15, -0.1) is 10.2 Å². The fraction of sp³-hybridized carbons (Fsp3) is 0.812. The molecule has 22 heavy (non-hydrogen) atoms. The Morgan fingerprint density at radius 1 is 1.23 bits per heavy atom. The van der Waals surface area contributed by atoms with Crippen molar-refractivity contribution in [3.8, 4) is 0 Å². The van der Waals surface area contributed by atoms with Gasteiger partial charge in [0.2, 0.25) is 5.91 Å². The number of hydrogen-bond acceptors (Lipinski definition) is 4. The number of rotatable bonds is 7. The molecule has 2 aliphatic rings. The van der Waals surface area contributed by atoms with E-state index in [-0.39, 0.29) is 11.8 Å². The number of nitrogens with one attached hydrogen (secondary N) is 1. The highest BCUT2D eigenvalue weighted by Gasteiger charge is 2.25. The first kappa shape index (κ1) is 15.8. The van der Waals surface area contributed by atoms with Crippen molar-refractivity contribution in [1.82, 2.24) is 20.1 Å². The number of carbonyl (C=O) groups is 1. The third-order valence-corrected chi connectivity index (χ3v) is 5.60. The van der Waals surface area contributed by atoms with Crippen molar-refractivity contribution < 1.29 is 4.79 Å². The van der Waals surface area contributed by atoms with Crippen LogP contribution in [-0.2, 0) is 11.2 Å². The number of aryl methyl sites for hydroxylation is 1. The Morgan fingerprint density at radius 2 is 2.00 bits per heavy atom. The van der Waals surface area contributed by atoms with Crippen LogP contribution in [0.15, 0.2) is 5.16 Å². The van der Waals surface area contributed by atoms with Crippen LogP contribution in [0.2, 0.25) is 0 Å². The molecule has 0 saturated heterocycles. The minimum absolute atomic E-state index is 0.244. The molecule has 2 saturated carbocycles. The van der Waals surface area contributed by atoms with E-state index in [4.69, 9.17) is 0 Å². The molecular formula is C16H26N4OS. The molecule has 1 aromatic rings. The van der Waals surface area contributed by atoms with Crippen molar-refractivity contribution in [2.75, 3.05) is 12.8 Å². The van der Waals surface area contributed by atoms with Crippen molar-refractivity contribution in [1.29, 1.82) is 0 Å². The van der Waals surface area contributed by atoms with Crippen LogP contribution in [0.5, 0.6) is 0 Å². The summed E-state index contributed by atoms with van der Waals surface area (Å²) in [5.74, 6) is 1.62. The maximum atomic E-state index is 11.8. The SMILES string of the molecule is CSc1nnc(CCCNC(=O)C2CCC2)n1C1CCCC1. The van der Waals surface area contributed by atoms with E-state index >= 15 is 0 Å². The third-order valence-electron chi connectivity index (χ3n) is 4.96. The van der Waals surface area contributed by atoms with Gasteiger partial charge in [0.25, 0.3) is 0 Å². The van der Waals surface area contributed by atoms with Crippen molar-refractivity contribution >= 4 is 17.7 Å². The summed E-state index contributed by atoms with van der Waals surface area (Å²) in [6.45, 7) is 0.751. The second-order valence-electron chi connectivity index (χ2n) is 6.43. The van der Waals surface area contributed by atoms with Gasteiger partial charge in [0.05, 0.1) is 0 Å². The van der Waals surface area contributed by atoms with E-state index in [2.05, 4.69) is 26.3 Å². The Labute approximate surface area is 136 Å². The number of nitrogens with zero attached hydrogens (tertiary/aromatic N) is 3. The zero-order valence-corrected chi connectivity index (χ0v) is 14.2. The van der Waals surface area contributed by atoms with Gasteiger partial charge in [0.15, 0.2) is 5.16 Å². The van der Waals surface area contributed by atoms with Crippen LogP contribution in [0.3, 0.4) is 0 Å². The molecule has 0 bridgehead atoms. The zero-order chi connectivity index (χ0) is 15.4. The summed E-state index contributed by atoms with van der Waals surface area (Å²) in [5, 5.41) is 12.8. The number of aromatic nitrogens is 3. The molecule has 2 fully saturated rings. The molecule has 0 atom stereocenters. The highest BCUT2D eigenvalue weighted by atomic mass is 32.2. The van der Waals surface area contributed by atoms with Crippen molar-refractivity contribution in [2.24, 2.45) is 5.92 Å². The Morgan fingerprint density at radius 3 is 2.64 bits per heavy atom. The second kappa shape index (κ2) is 7.49. The topological polar surface area (TPSA) is 59.8 Å². The molecule has 0 unspecified atom stereocenters. The van der Waals surface area contributed by atoms with E-state index in [1.54, 1.807) is 11.8 Å². The van der Waals surface area contributed by atoms with Gasteiger partial charge in [0, 0.05) is 24.9 Å². The number of hydrogen-bond donors (Lipinski definition) is 1. The minimum Gasteiger partial charge on any atom is -0.356 e. The van der Waals surface area contributed by atoms with Gasteiger partial charge in [0.1, 0.15) is 5.82 Å². The van der Waals surface area contributed by atoms with Crippen LogP contribution in [-0.4, -0.2) is 33.5 Å². The van der Waals surface area contributed by atoms with Crippen molar-refractivity contribution in [3.05, 3.63) is 5.82 Å². The molecule has 0 radical (unpaired) electrons. The highest BCUT2D eigenvalue weighted by Crippen LogP contribution is 2.33. The maximum absolute atomic E-state index is 11.8. The van der Waals surface area contributed by atoms with Gasteiger partial charge in [-0.2, -0.15) is 0 Å². The average molecular weight is 322 g/mol. The first-order valence-corrected chi connectivity index (χ1v) is 9.77. The molecule has 1 N–H and O–H groups in total. The van der Waals surface area contributed by atoms with Crippen LogP contribution in [0.25, 0.3) is 0 Å². The molecule has 122 valence electrons. The summed E-state index contributed by atoms with van der Waals surface area (Å²) in [6, 6.07) is 0.581. The summed E-state index contributed by atoms with van der Waals surface area (Å²) in [6.07, 6.45) is 12.4. The number of carbonyl (C=O) groups excluding carboxylic acids is 1. The molecule has 0 aliphatic heterocycles. The van der Waals surface area contributed by atoms with Gasteiger partial charge in [-0.05, 0) is 38.4 Å². The molecule has 0 spiro atoms. The Bertz CT molecular complexity index is 506. The second-order valence-corrected chi connectivity index (χ2v) is 7.21. The summed E-state index contributed by atoms with van der Waals surface area (Å²) in [7, 11) is 0. The van der Waals surface area contributed by atoms with Crippen LogP contribution in [0.4, 0.5) is 0 Å². The first-order valence-electron chi connectivity index (χ1n) is 8.55. The van der Waals surface area contributed by atoms with Crippen LogP contribution >= 0.6 is 11.8 Å². The lowest BCUT2D eigenvalue weighted by Crippen LogP contribution is -2.35. The lowest BCUT2D eigenvalue weighted by atomic mass is 9.85. The van der Waals surface area contributed by atoms with Gasteiger partial charge in [-0.1, -0.05) is 31.0 Å². The maximum Gasteiger partial charge on any atom is 0.223 e. The fourth-order valence-corrected chi connectivity index (χ4v) is 3.99. The lowest BCUT2D eigenvalue weighted by molar-refractivity contribution is -0.127. The third kappa shape index (κ3) is 3.47. The summed E-state index contributed by atoms with van der Waals surface area (Å²) in [5.41, 5.74) is 0. The van der Waals surface area contributed by atoms with E-state index in [1.165, 1.54) is 32.1 Å². The molecule has 1 heterocycles. The molecule has 1 amide bonds. The monoisotopic (exact) mass is 322 g/mol. The van der Waals surface area contributed by atoms with E-state index in [9.17, 15) is 4.79 Å². The predicted octanol–water partition coefficient (Wildman–Crippen LogP) is 2.96. The normalized spacial score (nSPS) is 19.3. The summed E-state index contributed by atoms with van der Waals surface area (Å²) >= 11 is 1.68. The first-order chi connectivity index (χ1) is 10.8. The van der Waals surface area contributed by atoms with Crippen LogP contribution in [0.1, 0.15) is 63.2 Å². The highest BCUT2D eigenvalue weighted by molar-refractivity contribution is 7.98. The van der Waals surface area contributed by atoms with E-state index in [0.29, 0.717) is 6.04 Å². The molecule has 1 aromatic heterocycles. The lowest BCUT2D eigenvalue weighted by Gasteiger charge is -2.24. The Kier molecular flexibility index (Phi) is 5.39. The van der Waals surface area contributed by atoms with E-state index < -0.39 is 0 Å². The number of thioether (sulfide) groups is 1. The fourth-order valence-electron chi connectivity index (χ4n) is 3.42. The number of amides is 1. The molecule has 5 nitrogen and oxygen atoms in total. The van der Waals surface area contributed by atoms with Gasteiger partial charge in [-0.3, -0.25) is 4.79 Å². The molecule has 6 heteroatoms. The quantitative estimate of drug-likeness (QED) is 0.619. The average Bonchev–Trinajstić information content (AvgIpc) is 3.10. The molecular weight excluding hydrogens is 296 g/mol. The standard InChI is InChI=1S/C16H26N4OS/c1-22-16-19-18-14(20(16)13-8-2-3-9-13)10-5-11-17-15(21)12-6-4-7-12/h12-13H,2-11H2,1H3,(H,17,21). The zero-order valence-electron chi connectivity index (χ0n) is 13.4. The molecule has 2 aliphatic carbocycles. The predicted molar refractivity (Wildman–Crippen MR) is 88.0 cm³/mol. The van der Waals surface area contributed by atoms with Crippen LogP contribution < -0.4 is 5.32 Å². The van der Waals surface area contributed by atoms with Crippen molar-refractivity contribution in [2.45, 2.75) is 69.0 Å². The van der Waals surface area contributed by atoms with Gasteiger partial charge < -0.3 is 9.88 Å². The molecule has 0 aromatic carbocycles. The van der Waals surface area contributed by atoms with E-state index in [0.717, 1.165) is 43.2 Å². The summed E-state index contributed by atoms with van der Waals surface area (Å²) < 4.78 is 2.35. The largest absolute Gasteiger partial charge is 0.356 e. The van der Waals surface area contributed by atoms with E-state index in [1.807, 2.05) is 0 Å². The van der Waals surface area contributed by atoms with Crippen LogP contribution in [0, 0.1) is 5.92 Å². The molecule has 3 rings (SSSR count). The Hall–Kier alpha value is -1.04. The minimum atomic E-state index is 0.244. The smallest absolute Gasteiger partial charge is 0.223 e. The Balaban J connectivity index is 1.51. The summed E-state index contributed by atoms with van der Waals surface area (Å²) in [4.78, 5) is 11.8. The van der Waals surface area contributed by atoms with Gasteiger partial charge >= 0.3 is 0 Å². The van der Waals surface area contributed by atoms with Crippen molar-refractivity contribution in [3.63, 3.8) is 0 Å². The van der Waals surface area contributed by atoms with Gasteiger partial charge in [-0.25, -0.2) is 0 Å².